The molecule has 6 atom stereocenters. The summed E-state index contributed by atoms with van der Waals surface area (Å²) in [5, 5.41) is 25.2. The Balaban J connectivity index is 0.685. The number of ether oxygens (including phenoxy) is 4. The highest BCUT2D eigenvalue weighted by molar-refractivity contribution is 6.35. The van der Waals surface area contributed by atoms with Crippen LogP contribution in [0, 0.1) is 29.6 Å². The zero-order chi connectivity index (χ0) is 63.8. The number of anilines is 2. The molecule has 6 aliphatic rings. The third-order valence-corrected chi connectivity index (χ3v) is 19.7. The van der Waals surface area contributed by atoms with Crippen LogP contribution in [0.2, 0.25) is 5.02 Å². The van der Waals surface area contributed by atoms with E-state index in [4.69, 9.17) is 50.5 Å². The number of fused-ring (bicyclic) bond motifs is 4. The predicted octanol–water partition coefficient (Wildman–Crippen LogP) is 8.65. The Labute approximate surface area is 545 Å². The minimum absolute atomic E-state index is 0.0966. The standard InChI is InChI=1S/C71H85ClN14O6/c1-48-14-6-15-49-16-7-21-55(66(48)49)62-40-60-57(46-89-62)69(84-36-38-85(51(42-84)26-28-73)64(87)24-12-30-79(2)3)78-71(76-60)92-45-54-20-11-33-82(54)35-34-80(4)31-13-25-65(88)86-39-37-83(43-52(86)27-29-74)68-58-47-90-63(56-22-8-17-50-18-9-23-59(72)67(50)56)41-61(58)75-70(77-68)91-44-53-19-10-32-81(53)5/h6-9,12-18,21-25,51-54,62-63H,10-11,19-20,26-27,30-47H2,1-5H3/b24-12+,25-13+/t51-,52-,53-,54-,62?,63?/m0/s1. The maximum atomic E-state index is 14.1. The second-order valence-electron chi connectivity index (χ2n) is 25.8. The molecule has 0 bridgehead atoms. The molecule has 6 aromatic rings. The highest BCUT2D eigenvalue weighted by Crippen LogP contribution is 2.42. The van der Waals surface area contributed by atoms with Gasteiger partial charge in [0.1, 0.15) is 24.8 Å². The molecule has 8 heterocycles. The van der Waals surface area contributed by atoms with Crippen molar-refractivity contribution in [2.45, 2.75) is 108 Å². The molecule has 2 amide bonds. The van der Waals surface area contributed by atoms with Gasteiger partial charge in [0.15, 0.2) is 0 Å². The summed E-state index contributed by atoms with van der Waals surface area (Å²) < 4.78 is 26.5. The number of likely N-dealkylation sites (tertiary alicyclic amines) is 2. The zero-order valence-corrected chi connectivity index (χ0v) is 54.5. The third kappa shape index (κ3) is 14.5. The average molecular weight is 1270 g/mol. The first-order chi connectivity index (χ1) is 44.8. The number of halogens is 1. The van der Waals surface area contributed by atoms with Gasteiger partial charge in [0.05, 0.1) is 73.9 Å². The van der Waals surface area contributed by atoms with Crippen LogP contribution in [0.5, 0.6) is 12.0 Å². The van der Waals surface area contributed by atoms with Gasteiger partial charge in [-0.25, -0.2) is 0 Å². The molecule has 92 heavy (non-hydrogen) atoms. The average Bonchev–Trinajstić information content (AvgIpc) is 2.07. The summed E-state index contributed by atoms with van der Waals surface area (Å²) in [4.78, 5) is 65.1. The van der Waals surface area contributed by atoms with E-state index in [-0.39, 0.29) is 67.6 Å². The number of carbonyl (C=O) groups excluding carboxylic acids is 2. The first-order valence-electron chi connectivity index (χ1n) is 32.7. The fraction of sp³-hybridized carbons (Fsp3) is 0.493. The molecule has 0 aliphatic carbocycles. The van der Waals surface area contributed by atoms with Gasteiger partial charge in [-0.2, -0.15) is 30.5 Å². The minimum Gasteiger partial charge on any atom is -0.462 e. The van der Waals surface area contributed by atoms with Crippen molar-refractivity contribution in [1.29, 1.82) is 10.5 Å². The van der Waals surface area contributed by atoms with Crippen LogP contribution in [0.1, 0.15) is 89.9 Å². The number of piperazine rings is 2. The fourth-order valence-electron chi connectivity index (χ4n) is 14.4. The molecule has 0 spiro atoms. The summed E-state index contributed by atoms with van der Waals surface area (Å²) in [6.45, 7) is 11.2. The summed E-state index contributed by atoms with van der Waals surface area (Å²) >= 11 is 6.82. The molecule has 4 aromatic carbocycles. The molecule has 6 aliphatic heterocycles. The second kappa shape index (κ2) is 29.4. The Morgan fingerprint density at radius 3 is 1.74 bits per heavy atom. The largest absolute Gasteiger partial charge is 0.462 e. The minimum atomic E-state index is -0.367. The normalized spacial score (nSPS) is 22.2. The molecule has 4 saturated heterocycles. The number of nitriles is 2. The van der Waals surface area contributed by atoms with E-state index < -0.39 is 0 Å². The SMILES string of the molecule is Cc1cccc2cccc(C3Cc4nc(OC[C@@H]5CCCN5CCN(C)C/C=C/C(=O)N5CCN(c6nc(OC[C@@H]7CCCN7C)nc7c6COC(c6cccc8cccc(Cl)c68)C7)C[C@@H]5CC#N)nc(N5CCN(C(=O)/C=C/CN(C)C)[C@@H](CC#N)C5)c4CO3)c12. The molecule has 2 unspecified atom stereocenters. The Bertz CT molecular complexity index is 3790. The van der Waals surface area contributed by atoms with Crippen molar-refractivity contribution in [3.63, 3.8) is 0 Å². The monoisotopic (exact) mass is 1260 g/mol. The molecular weight excluding hydrogens is 1180 g/mol. The van der Waals surface area contributed by atoms with E-state index in [0.29, 0.717) is 102 Å². The topological polar surface area (TPSA) is 196 Å². The first kappa shape index (κ1) is 64.3. The van der Waals surface area contributed by atoms with E-state index in [1.807, 2.05) is 59.1 Å². The number of carbonyl (C=O) groups is 2. The first-order valence-corrected chi connectivity index (χ1v) is 33.1. The molecule has 482 valence electrons. The van der Waals surface area contributed by atoms with Crippen molar-refractivity contribution in [3.8, 4) is 24.2 Å². The van der Waals surface area contributed by atoms with E-state index in [1.165, 1.54) is 16.3 Å². The second-order valence-corrected chi connectivity index (χ2v) is 26.2. The number of benzene rings is 4. The van der Waals surface area contributed by atoms with Crippen LogP contribution in [0.3, 0.4) is 0 Å². The highest BCUT2D eigenvalue weighted by atomic mass is 35.5. The van der Waals surface area contributed by atoms with E-state index in [0.717, 1.165) is 108 Å². The molecule has 0 saturated carbocycles. The van der Waals surface area contributed by atoms with Gasteiger partial charge in [-0.05, 0) is 113 Å². The lowest BCUT2D eigenvalue weighted by molar-refractivity contribution is -0.129. The molecule has 4 fully saturated rings. The van der Waals surface area contributed by atoms with Crippen molar-refractivity contribution >= 4 is 56.6 Å². The zero-order valence-electron chi connectivity index (χ0n) is 53.8. The summed E-state index contributed by atoms with van der Waals surface area (Å²) in [6.07, 6.45) is 12.2. The molecular formula is C71H85ClN14O6. The lowest BCUT2D eigenvalue weighted by atomic mass is 9.92. The summed E-state index contributed by atoms with van der Waals surface area (Å²) in [6, 6.07) is 30.0. The van der Waals surface area contributed by atoms with Gasteiger partial charge in [0.25, 0.3) is 0 Å². The number of hydrogen-bond acceptors (Lipinski definition) is 18. The van der Waals surface area contributed by atoms with Gasteiger partial charge >= 0.3 is 12.0 Å². The number of hydrogen-bond donors (Lipinski definition) is 0. The quantitative estimate of drug-likeness (QED) is 0.0620. The van der Waals surface area contributed by atoms with E-state index in [1.54, 1.807) is 12.2 Å². The fourth-order valence-corrected chi connectivity index (χ4v) is 14.7. The summed E-state index contributed by atoms with van der Waals surface area (Å²) in [5.41, 5.74) is 6.88. The number of aromatic nitrogens is 4. The van der Waals surface area contributed by atoms with Crippen molar-refractivity contribution < 1.29 is 28.5 Å². The maximum Gasteiger partial charge on any atom is 0.318 e. The van der Waals surface area contributed by atoms with Crippen molar-refractivity contribution in [1.82, 2.24) is 49.3 Å². The Hall–Kier alpha value is -7.79. The third-order valence-electron chi connectivity index (χ3n) is 19.4. The Morgan fingerprint density at radius 2 is 1.17 bits per heavy atom. The van der Waals surface area contributed by atoms with Gasteiger partial charge in [-0.1, -0.05) is 90.5 Å². The predicted molar refractivity (Wildman–Crippen MR) is 356 cm³/mol. The molecule has 20 nitrogen and oxygen atoms in total. The van der Waals surface area contributed by atoms with Crippen LogP contribution < -0.4 is 19.3 Å². The van der Waals surface area contributed by atoms with Crippen LogP contribution in [-0.2, 0) is 45.1 Å². The number of likely N-dealkylation sites (N-methyl/N-ethyl adjacent to an activating group) is 3. The smallest absolute Gasteiger partial charge is 0.318 e. The number of nitrogens with zero attached hydrogens (tertiary/aromatic N) is 14. The van der Waals surface area contributed by atoms with Gasteiger partial charge in [-0.3, -0.25) is 14.5 Å². The summed E-state index contributed by atoms with van der Waals surface area (Å²) in [7, 11) is 8.12. The molecule has 0 radical (unpaired) electrons. The van der Waals surface area contributed by atoms with Gasteiger partial charge in [0, 0.05) is 124 Å². The highest BCUT2D eigenvalue weighted by Gasteiger charge is 2.38. The van der Waals surface area contributed by atoms with E-state index in [9.17, 15) is 20.1 Å². The van der Waals surface area contributed by atoms with Crippen LogP contribution in [-0.4, -0.2) is 205 Å². The van der Waals surface area contributed by atoms with Crippen LogP contribution in [0.15, 0.2) is 97.1 Å². The number of amides is 2. The van der Waals surface area contributed by atoms with Crippen LogP contribution in [0.4, 0.5) is 11.6 Å². The Morgan fingerprint density at radius 1 is 0.652 bits per heavy atom. The van der Waals surface area contributed by atoms with Crippen molar-refractivity contribution in [2.24, 2.45) is 0 Å². The molecule has 0 N–H and O–H groups in total. The van der Waals surface area contributed by atoms with Crippen LogP contribution in [0.25, 0.3) is 21.5 Å². The van der Waals surface area contributed by atoms with Gasteiger partial charge in [0.2, 0.25) is 11.8 Å². The van der Waals surface area contributed by atoms with Crippen LogP contribution >= 0.6 is 11.6 Å². The summed E-state index contributed by atoms with van der Waals surface area (Å²) in [5.74, 6) is 1.24. The van der Waals surface area contributed by atoms with Crippen molar-refractivity contribution in [3.05, 3.63) is 141 Å². The number of rotatable bonds is 21. The molecule has 21 heteroatoms. The molecule has 2 aromatic heterocycles. The lowest BCUT2D eigenvalue weighted by Crippen LogP contribution is -2.55. The maximum absolute atomic E-state index is 14.1. The number of aryl methyl sites for hydroxylation is 1. The van der Waals surface area contributed by atoms with Crippen molar-refractivity contribution in [2.75, 3.05) is 130 Å². The van der Waals surface area contributed by atoms with Gasteiger partial charge < -0.3 is 53.2 Å². The lowest BCUT2D eigenvalue weighted by Gasteiger charge is -2.42. The van der Waals surface area contributed by atoms with E-state index in [2.05, 4.69) is 112 Å². The molecule has 12 rings (SSSR count). The Kier molecular flexibility index (Phi) is 20.6. The van der Waals surface area contributed by atoms with E-state index >= 15 is 0 Å². The van der Waals surface area contributed by atoms with Gasteiger partial charge in [-0.15, -0.1) is 0 Å².